The van der Waals surface area contributed by atoms with Crippen molar-refractivity contribution < 1.29 is 9.47 Å². The van der Waals surface area contributed by atoms with E-state index in [1.54, 1.807) is 26.5 Å². The number of benzene rings is 1. The topological polar surface area (TPSA) is 83.6 Å². The van der Waals surface area contributed by atoms with E-state index in [0.717, 1.165) is 31.0 Å². The van der Waals surface area contributed by atoms with E-state index in [4.69, 9.17) is 14.5 Å². The number of ether oxygens (including phenoxy) is 2. The molecule has 4 rings (SSSR count). The fraction of sp³-hybridized carbons (Fsp3) is 0.250. The van der Waals surface area contributed by atoms with Crippen LogP contribution >= 0.6 is 0 Å². The van der Waals surface area contributed by atoms with Crippen molar-refractivity contribution >= 4 is 11.5 Å². The molecule has 0 atom stereocenters. The van der Waals surface area contributed by atoms with Gasteiger partial charge in [0.1, 0.15) is 11.9 Å². The van der Waals surface area contributed by atoms with E-state index in [1.807, 2.05) is 37.4 Å². The van der Waals surface area contributed by atoms with E-state index in [9.17, 15) is 5.26 Å². The minimum Gasteiger partial charge on any atom is -0.493 e. The SMILES string of the molecule is COc1cc(N=C(C)N2CCc3ncccc3C2)c(C#N)c(-c2ccccn2)c1OC. The average Bonchev–Trinajstić information content (AvgIpc) is 2.83. The quantitative estimate of drug-likeness (QED) is 0.472. The molecule has 7 nitrogen and oxygen atoms in total. The highest BCUT2D eigenvalue weighted by Crippen LogP contribution is 2.44. The highest BCUT2D eigenvalue weighted by Gasteiger charge is 2.23. The molecule has 0 saturated carbocycles. The average molecular weight is 413 g/mol. The first-order chi connectivity index (χ1) is 15.2. The van der Waals surface area contributed by atoms with Crippen molar-refractivity contribution in [2.24, 2.45) is 4.99 Å². The monoisotopic (exact) mass is 413 g/mol. The van der Waals surface area contributed by atoms with E-state index < -0.39 is 0 Å². The van der Waals surface area contributed by atoms with Crippen molar-refractivity contribution in [1.82, 2.24) is 14.9 Å². The first-order valence-electron chi connectivity index (χ1n) is 9.99. The van der Waals surface area contributed by atoms with Crippen molar-refractivity contribution in [2.45, 2.75) is 19.9 Å². The summed E-state index contributed by atoms with van der Waals surface area (Å²) in [6.45, 7) is 3.52. The van der Waals surface area contributed by atoms with Crippen molar-refractivity contribution in [1.29, 1.82) is 5.26 Å². The second-order valence-corrected chi connectivity index (χ2v) is 7.15. The number of rotatable bonds is 4. The van der Waals surface area contributed by atoms with Gasteiger partial charge < -0.3 is 14.4 Å². The third kappa shape index (κ3) is 3.92. The van der Waals surface area contributed by atoms with Crippen molar-refractivity contribution in [3.05, 3.63) is 65.6 Å². The number of nitrogens with zero attached hydrogens (tertiary/aromatic N) is 5. The summed E-state index contributed by atoms with van der Waals surface area (Å²) in [5.41, 5.74) is 4.45. The summed E-state index contributed by atoms with van der Waals surface area (Å²) in [4.78, 5) is 15.9. The Hall–Kier alpha value is -3.92. The molecule has 0 N–H and O–H groups in total. The highest BCUT2D eigenvalue weighted by atomic mass is 16.5. The molecular formula is C24H23N5O2. The van der Waals surface area contributed by atoms with Gasteiger partial charge in [-0.15, -0.1) is 0 Å². The van der Waals surface area contributed by atoms with Crippen LogP contribution in [0.15, 0.2) is 53.8 Å². The number of fused-ring (bicyclic) bond motifs is 1. The Morgan fingerprint density at radius 1 is 1.13 bits per heavy atom. The molecule has 0 spiro atoms. The van der Waals surface area contributed by atoms with Gasteiger partial charge in [0.05, 0.1) is 36.7 Å². The molecule has 0 bridgehead atoms. The fourth-order valence-corrected chi connectivity index (χ4v) is 3.82. The van der Waals surface area contributed by atoms with Crippen LogP contribution in [0.5, 0.6) is 11.5 Å². The van der Waals surface area contributed by atoms with Gasteiger partial charge in [0.15, 0.2) is 11.5 Å². The number of methoxy groups -OCH3 is 2. The number of nitriles is 1. The van der Waals surface area contributed by atoms with Crippen LogP contribution in [-0.2, 0) is 13.0 Å². The summed E-state index contributed by atoms with van der Waals surface area (Å²) in [7, 11) is 3.12. The minimum atomic E-state index is 0.398. The Morgan fingerprint density at radius 3 is 2.68 bits per heavy atom. The molecule has 0 unspecified atom stereocenters. The maximum atomic E-state index is 10.0. The Labute approximate surface area is 181 Å². The Balaban J connectivity index is 1.81. The van der Waals surface area contributed by atoms with Crippen LogP contribution in [0, 0.1) is 11.3 Å². The third-order valence-electron chi connectivity index (χ3n) is 5.39. The van der Waals surface area contributed by atoms with Crippen LogP contribution in [0.3, 0.4) is 0 Å². The largest absolute Gasteiger partial charge is 0.493 e. The van der Waals surface area contributed by atoms with E-state index in [2.05, 4.69) is 27.0 Å². The van der Waals surface area contributed by atoms with Crippen LogP contribution < -0.4 is 9.47 Å². The number of hydrogen-bond donors (Lipinski definition) is 0. The molecule has 1 aromatic carbocycles. The number of aromatic nitrogens is 2. The molecule has 0 fully saturated rings. The number of amidine groups is 1. The van der Waals surface area contributed by atoms with Gasteiger partial charge >= 0.3 is 0 Å². The van der Waals surface area contributed by atoms with E-state index in [1.165, 1.54) is 5.56 Å². The van der Waals surface area contributed by atoms with Gasteiger partial charge in [0.25, 0.3) is 0 Å². The maximum Gasteiger partial charge on any atom is 0.171 e. The Morgan fingerprint density at radius 2 is 1.97 bits per heavy atom. The molecule has 156 valence electrons. The normalized spacial score (nSPS) is 13.4. The Kier molecular flexibility index (Phi) is 5.80. The van der Waals surface area contributed by atoms with Gasteiger partial charge in [-0.1, -0.05) is 12.1 Å². The minimum absolute atomic E-state index is 0.398. The lowest BCUT2D eigenvalue weighted by Gasteiger charge is -2.29. The molecule has 1 aliphatic heterocycles. The first-order valence-corrected chi connectivity index (χ1v) is 9.99. The zero-order valence-electron chi connectivity index (χ0n) is 17.8. The second-order valence-electron chi connectivity index (χ2n) is 7.15. The van der Waals surface area contributed by atoms with Crippen LogP contribution in [0.2, 0.25) is 0 Å². The lowest BCUT2D eigenvalue weighted by molar-refractivity contribution is 0.356. The van der Waals surface area contributed by atoms with E-state index in [0.29, 0.717) is 34.0 Å². The van der Waals surface area contributed by atoms with Crippen LogP contribution in [0.1, 0.15) is 23.7 Å². The second kappa shape index (κ2) is 8.84. The zero-order chi connectivity index (χ0) is 21.8. The van der Waals surface area contributed by atoms with Crippen LogP contribution in [0.4, 0.5) is 5.69 Å². The highest BCUT2D eigenvalue weighted by molar-refractivity contribution is 5.88. The van der Waals surface area contributed by atoms with E-state index in [-0.39, 0.29) is 0 Å². The summed E-state index contributed by atoms with van der Waals surface area (Å²) in [6, 6.07) is 13.6. The molecule has 0 saturated heterocycles. The molecule has 3 heterocycles. The van der Waals surface area contributed by atoms with Gasteiger partial charge in [-0.3, -0.25) is 9.97 Å². The predicted octanol–water partition coefficient (Wildman–Crippen LogP) is 4.14. The number of pyridine rings is 2. The van der Waals surface area contributed by atoms with Gasteiger partial charge in [0, 0.05) is 43.7 Å². The van der Waals surface area contributed by atoms with Gasteiger partial charge in [-0.2, -0.15) is 5.26 Å². The molecule has 3 aromatic rings. The molecule has 1 aliphatic rings. The van der Waals surface area contributed by atoms with Crippen molar-refractivity contribution in [2.75, 3.05) is 20.8 Å². The summed E-state index contributed by atoms with van der Waals surface area (Å²) in [5.74, 6) is 1.79. The van der Waals surface area contributed by atoms with Crippen molar-refractivity contribution in [3.8, 4) is 28.8 Å². The van der Waals surface area contributed by atoms with Crippen molar-refractivity contribution in [3.63, 3.8) is 0 Å². The molecule has 7 heteroatoms. The summed E-state index contributed by atoms with van der Waals surface area (Å²) < 4.78 is 11.2. The van der Waals surface area contributed by atoms with Gasteiger partial charge in [-0.25, -0.2) is 4.99 Å². The first kappa shape index (κ1) is 20.4. The molecule has 2 aromatic heterocycles. The lowest BCUT2D eigenvalue weighted by atomic mass is 10.0. The summed E-state index contributed by atoms with van der Waals surface area (Å²) >= 11 is 0. The standard InChI is InChI=1S/C24H23N5O2/c1-16(29-12-9-19-17(15-29)7-6-11-26-19)28-21-13-22(30-2)24(31-3)23(18(21)14-25)20-8-4-5-10-27-20/h4-8,10-11,13H,9,12,15H2,1-3H3. The number of hydrogen-bond acceptors (Lipinski definition) is 6. The van der Waals surface area contributed by atoms with Crippen LogP contribution in [0.25, 0.3) is 11.3 Å². The molecule has 0 radical (unpaired) electrons. The fourth-order valence-electron chi connectivity index (χ4n) is 3.82. The molecule has 0 amide bonds. The predicted molar refractivity (Wildman–Crippen MR) is 119 cm³/mol. The zero-order valence-corrected chi connectivity index (χ0v) is 17.8. The Bertz CT molecular complexity index is 1170. The molecule has 31 heavy (non-hydrogen) atoms. The third-order valence-corrected chi connectivity index (χ3v) is 5.39. The lowest BCUT2D eigenvalue weighted by Crippen LogP contribution is -2.34. The molecular weight excluding hydrogens is 390 g/mol. The smallest absolute Gasteiger partial charge is 0.171 e. The summed E-state index contributed by atoms with van der Waals surface area (Å²) in [5, 5.41) is 10.0. The summed E-state index contributed by atoms with van der Waals surface area (Å²) in [6.07, 6.45) is 4.37. The van der Waals surface area contributed by atoms with Crippen LogP contribution in [-0.4, -0.2) is 41.5 Å². The number of aliphatic imine (C=N–C) groups is 1. The van der Waals surface area contributed by atoms with E-state index >= 15 is 0 Å². The van der Waals surface area contributed by atoms with Gasteiger partial charge in [0.2, 0.25) is 0 Å². The van der Waals surface area contributed by atoms with Gasteiger partial charge in [-0.05, 0) is 30.7 Å². The maximum absolute atomic E-state index is 10.0. The molecule has 0 aliphatic carbocycles.